The SMILES string of the molecule is CCOC(=O)Cn1cc(/C=C2\SC(=O)N(CCCc3ccccc3)C2=O)c2cc(Br)ccc21. The van der Waals surface area contributed by atoms with Gasteiger partial charge in [-0.2, -0.15) is 0 Å². The Morgan fingerprint density at radius 1 is 1.15 bits per heavy atom. The minimum atomic E-state index is -0.331. The molecule has 1 fully saturated rings. The van der Waals surface area contributed by atoms with Crippen molar-refractivity contribution < 1.29 is 19.1 Å². The van der Waals surface area contributed by atoms with Gasteiger partial charge in [0.05, 0.1) is 11.5 Å². The number of rotatable bonds is 8. The molecule has 0 unspecified atom stereocenters. The van der Waals surface area contributed by atoms with Crippen LogP contribution in [-0.4, -0.2) is 39.7 Å². The van der Waals surface area contributed by atoms with Crippen molar-refractivity contribution in [1.29, 1.82) is 0 Å². The molecule has 2 heterocycles. The number of carbonyl (C=O) groups is 3. The summed E-state index contributed by atoms with van der Waals surface area (Å²) in [6.07, 6.45) is 5.06. The van der Waals surface area contributed by atoms with Crippen molar-refractivity contribution in [3.63, 3.8) is 0 Å². The first-order valence-corrected chi connectivity index (χ1v) is 12.3. The number of hydrogen-bond donors (Lipinski definition) is 0. The van der Waals surface area contributed by atoms with Crippen LogP contribution in [-0.2, 0) is 27.3 Å². The lowest BCUT2D eigenvalue weighted by molar-refractivity contribution is -0.143. The van der Waals surface area contributed by atoms with Gasteiger partial charge >= 0.3 is 5.97 Å². The summed E-state index contributed by atoms with van der Waals surface area (Å²) in [6, 6.07) is 15.7. The highest BCUT2D eigenvalue weighted by molar-refractivity contribution is 9.10. The van der Waals surface area contributed by atoms with Gasteiger partial charge in [0.25, 0.3) is 11.1 Å². The molecule has 0 N–H and O–H groups in total. The van der Waals surface area contributed by atoms with E-state index >= 15 is 0 Å². The Labute approximate surface area is 204 Å². The Kier molecular flexibility index (Phi) is 7.35. The molecule has 1 aliphatic heterocycles. The second-order valence-corrected chi connectivity index (χ2v) is 9.51. The number of hydrogen-bond acceptors (Lipinski definition) is 5. The summed E-state index contributed by atoms with van der Waals surface area (Å²) in [7, 11) is 0. The van der Waals surface area contributed by atoms with Gasteiger partial charge in [0.1, 0.15) is 6.54 Å². The molecule has 2 amide bonds. The molecule has 4 rings (SSSR count). The van der Waals surface area contributed by atoms with E-state index in [0.717, 1.165) is 39.1 Å². The molecule has 0 aliphatic carbocycles. The van der Waals surface area contributed by atoms with Gasteiger partial charge in [-0.25, -0.2) is 0 Å². The predicted octanol–water partition coefficient (Wildman–Crippen LogP) is 5.64. The maximum Gasteiger partial charge on any atom is 0.325 e. The third kappa shape index (κ3) is 5.39. The van der Waals surface area contributed by atoms with Crippen LogP contribution in [0, 0.1) is 0 Å². The number of thioether (sulfide) groups is 1. The van der Waals surface area contributed by atoms with Crippen molar-refractivity contribution in [2.75, 3.05) is 13.2 Å². The third-order valence-electron chi connectivity index (χ3n) is 5.33. The van der Waals surface area contributed by atoms with Crippen LogP contribution in [0.25, 0.3) is 17.0 Å². The molecule has 6 nitrogen and oxygen atoms in total. The van der Waals surface area contributed by atoms with Gasteiger partial charge in [0.2, 0.25) is 0 Å². The first-order valence-electron chi connectivity index (χ1n) is 10.7. The quantitative estimate of drug-likeness (QED) is 0.280. The number of aryl methyl sites for hydroxylation is 1. The highest BCUT2D eigenvalue weighted by Gasteiger charge is 2.34. The van der Waals surface area contributed by atoms with Crippen LogP contribution in [0.2, 0.25) is 0 Å². The predicted molar refractivity (Wildman–Crippen MR) is 134 cm³/mol. The van der Waals surface area contributed by atoms with Crippen molar-refractivity contribution in [1.82, 2.24) is 9.47 Å². The molecule has 0 atom stereocenters. The average Bonchev–Trinajstić information content (AvgIpc) is 3.25. The van der Waals surface area contributed by atoms with Gasteiger partial charge in [0, 0.05) is 33.7 Å². The number of aromatic nitrogens is 1. The van der Waals surface area contributed by atoms with Crippen LogP contribution >= 0.6 is 27.7 Å². The zero-order valence-corrected chi connectivity index (χ0v) is 20.5. The summed E-state index contributed by atoms with van der Waals surface area (Å²) in [5, 5.41) is 0.625. The summed E-state index contributed by atoms with van der Waals surface area (Å²) < 4.78 is 7.77. The van der Waals surface area contributed by atoms with Crippen LogP contribution in [0.15, 0.2) is 64.1 Å². The molecule has 3 aromatic rings. The van der Waals surface area contributed by atoms with Crippen molar-refractivity contribution in [3.8, 4) is 0 Å². The molecule has 170 valence electrons. The van der Waals surface area contributed by atoms with E-state index in [-0.39, 0.29) is 23.7 Å². The fourth-order valence-corrected chi connectivity index (χ4v) is 5.03. The van der Waals surface area contributed by atoms with E-state index in [4.69, 9.17) is 4.74 Å². The summed E-state index contributed by atoms with van der Waals surface area (Å²) in [4.78, 5) is 39.2. The smallest absolute Gasteiger partial charge is 0.325 e. The summed E-state index contributed by atoms with van der Waals surface area (Å²) in [5.41, 5.74) is 2.80. The second-order valence-electron chi connectivity index (χ2n) is 7.60. The monoisotopic (exact) mass is 526 g/mol. The van der Waals surface area contributed by atoms with Gasteiger partial charge in [-0.1, -0.05) is 46.3 Å². The number of halogens is 1. The normalized spacial score (nSPS) is 15.1. The maximum atomic E-state index is 13.0. The summed E-state index contributed by atoms with van der Waals surface area (Å²) in [5.74, 6) is -0.609. The Balaban J connectivity index is 1.55. The van der Waals surface area contributed by atoms with Crippen molar-refractivity contribution >= 4 is 61.8 Å². The van der Waals surface area contributed by atoms with Crippen molar-refractivity contribution in [3.05, 3.63) is 75.2 Å². The number of nitrogens with zero attached hydrogens (tertiary/aromatic N) is 2. The number of carbonyl (C=O) groups excluding carboxylic acids is 3. The molecule has 2 aromatic carbocycles. The zero-order valence-electron chi connectivity index (χ0n) is 18.1. The average molecular weight is 527 g/mol. The first kappa shape index (κ1) is 23.3. The van der Waals surface area contributed by atoms with Crippen molar-refractivity contribution in [2.45, 2.75) is 26.3 Å². The van der Waals surface area contributed by atoms with E-state index in [1.165, 1.54) is 10.5 Å². The maximum absolute atomic E-state index is 13.0. The molecule has 0 bridgehead atoms. The second kappa shape index (κ2) is 10.4. The van der Waals surface area contributed by atoms with Gasteiger partial charge in [-0.15, -0.1) is 0 Å². The lowest BCUT2D eigenvalue weighted by atomic mass is 10.1. The minimum Gasteiger partial charge on any atom is -0.465 e. The van der Waals surface area contributed by atoms with Gasteiger partial charge in [-0.05, 0) is 61.4 Å². The number of ether oxygens (including phenoxy) is 1. The number of esters is 1. The molecule has 0 radical (unpaired) electrons. The molecule has 0 spiro atoms. The van der Waals surface area contributed by atoms with E-state index in [0.29, 0.717) is 24.5 Å². The fourth-order valence-electron chi connectivity index (χ4n) is 3.81. The molecule has 1 aliphatic rings. The molecular formula is C25H23BrN2O4S. The van der Waals surface area contributed by atoms with Crippen LogP contribution in [0.1, 0.15) is 24.5 Å². The van der Waals surface area contributed by atoms with Crippen LogP contribution in [0.5, 0.6) is 0 Å². The topological polar surface area (TPSA) is 68.6 Å². The summed E-state index contributed by atoms with van der Waals surface area (Å²) >= 11 is 4.44. The standard InChI is InChI=1S/C25H23BrN2O4S/c1-2-32-23(29)16-27-15-18(20-14-19(26)10-11-21(20)27)13-22-24(30)28(25(31)33-22)12-6-9-17-7-4-3-5-8-17/h3-5,7-8,10-11,13-15H,2,6,9,12,16H2,1H3/b22-13-. The molecule has 0 saturated carbocycles. The Bertz CT molecular complexity index is 1240. The number of amides is 2. The van der Waals surface area contributed by atoms with Gasteiger partial charge in [-0.3, -0.25) is 19.3 Å². The fraction of sp³-hybridized carbons (Fsp3) is 0.240. The molecular weight excluding hydrogens is 504 g/mol. The van der Waals surface area contributed by atoms with Crippen LogP contribution < -0.4 is 0 Å². The third-order valence-corrected chi connectivity index (χ3v) is 6.73. The Morgan fingerprint density at radius 2 is 1.94 bits per heavy atom. The number of fused-ring (bicyclic) bond motifs is 1. The van der Waals surface area contributed by atoms with Gasteiger partial charge in [0.15, 0.2) is 0 Å². The van der Waals surface area contributed by atoms with E-state index < -0.39 is 0 Å². The Hall–Kier alpha value is -2.84. The van der Waals surface area contributed by atoms with E-state index in [2.05, 4.69) is 15.9 Å². The van der Waals surface area contributed by atoms with Gasteiger partial charge < -0.3 is 9.30 Å². The lowest BCUT2D eigenvalue weighted by Crippen LogP contribution is -2.29. The molecule has 8 heteroatoms. The van der Waals surface area contributed by atoms with E-state index in [9.17, 15) is 14.4 Å². The lowest BCUT2D eigenvalue weighted by Gasteiger charge is -2.12. The highest BCUT2D eigenvalue weighted by atomic mass is 79.9. The van der Waals surface area contributed by atoms with Crippen molar-refractivity contribution in [2.24, 2.45) is 0 Å². The van der Waals surface area contributed by atoms with Crippen LogP contribution in [0.3, 0.4) is 0 Å². The summed E-state index contributed by atoms with van der Waals surface area (Å²) in [6.45, 7) is 2.53. The minimum absolute atomic E-state index is 0.0702. The zero-order chi connectivity index (χ0) is 23.4. The number of benzene rings is 2. The van der Waals surface area contributed by atoms with E-state index in [1.807, 2.05) is 54.7 Å². The Morgan fingerprint density at radius 3 is 2.70 bits per heavy atom. The molecule has 33 heavy (non-hydrogen) atoms. The molecule has 1 aromatic heterocycles. The molecule has 1 saturated heterocycles. The van der Waals surface area contributed by atoms with Crippen LogP contribution in [0.4, 0.5) is 4.79 Å². The van der Waals surface area contributed by atoms with E-state index in [1.54, 1.807) is 17.6 Å². The largest absolute Gasteiger partial charge is 0.465 e. The highest BCUT2D eigenvalue weighted by Crippen LogP contribution is 2.35. The number of imide groups is 1. The first-order chi connectivity index (χ1) is 16.0.